The topological polar surface area (TPSA) is 174 Å². The average Bonchev–Trinajstić information content (AvgIpc) is 3.46. The van der Waals surface area contributed by atoms with Crippen molar-refractivity contribution in [2.75, 3.05) is 26.3 Å². The van der Waals surface area contributed by atoms with Crippen LogP contribution in [0, 0.1) is 10.8 Å². The molecule has 2 heterocycles. The van der Waals surface area contributed by atoms with Gasteiger partial charge in [-0.2, -0.15) is 0 Å². The number of nitrogens with zero attached hydrogens (tertiary/aromatic N) is 2. The molecule has 1 N–H and O–H groups in total. The number of ether oxygens (including phenoxy) is 2. The van der Waals surface area contributed by atoms with Gasteiger partial charge >= 0.3 is 11.9 Å². The maximum atomic E-state index is 12.9. The molecule has 4 amide bonds. The van der Waals surface area contributed by atoms with Crippen LogP contribution in [0.4, 0.5) is 0 Å². The molecule has 2 aliphatic heterocycles. The highest BCUT2D eigenvalue weighted by Gasteiger charge is 2.55. The van der Waals surface area contributed by atoms with Crippen molar-refractivity contribution in [1.29, 1.82) is 0 Å². The molecule has 0 aromatic heterocycles. The summed E-state index contributed by atoms with van der Waals surface area (Å²) in [7, 11) is -4.22. The third-order valence-corrected chi connectivity index (χ3v) is 8.69. The van der Waals surface area contributed by atoms with E-state index < -0.39 is 51.1 Å². The Morgan fingerprint density at radius 1 is 1.02 bits per heavy atom. The molecule has 1 aliphatic carbocycles. The van der Waals surface area contributed by atoms with Gasteiger partial charge in [-0.1, -0.05) is 26.8 Å². The van der Waals surface area contributed by atoms with Crippen LogP contribution in [0.3, 0.4) is 0 Å². The molecule has 0 radical (unpaired) electrons. The van der Waals surface area contributed by atoms with Crippen LogP contribution < -0.4 is 4.72 Å². The van der Waals surface area contributed by atoms with Gasteiger partial charge in [-0.15, -0.1) is 0 Å². The molecule has 14 heteroatoms. The Hall–Kier alpha value is -4.07. The van der Waals surface area contributed by atoms with E-state index in [0.29, 0.717) is 13.0 Å². The second kappa shape index (κ2) is 11.7. The van der Waals surface area contributed by atoms with E-state index in [1.54, 1.807) is 20.8 Å². The lowest BCUT2D eigenvalue weighted by atomic mass is 9.96. The van der Waals surface area contributed by atoms with Gasteiger partial charge in [0.2, 0.25) is 11.8 Å². The lowest BCUT2D eigenvalue weighted by molar-refractivity contribution is -0.154. The number of amides is 4. The quantitative estimate of drug-likeness (QED) is 0.230. The van der Waals surface area contributed by atoms with Crippen LogP contribution in [0.2, 0.25) is 0 Å². The van der Waals surface area contributed by atoms with Gasteiger partial charge in [0.25, 0.3) is 21.8 Å². The second-order valence-electron chi connectivity index (χ2n) is 11.7. The molecule has 1 aromatic carbocycles. The van der Waals surface area contributed by atoms with Crippen molar-refractivity contribution >= 4 is 45.6 Å². The lowest BCUT2D eigenvalue weighted by Crippen LogP contribution is -2.43. The number of nitrogens with one attached hydrogen (secondary N) is 1. The van der Waals surface area contributed by atoms with Crippen molar-refractivity contribution in [2.24, 2.45) is 10.8 Å². The Bertz CT molecular complexity index is 1440. The normalized spacial score (nSPS) is 19.3. The summed E-state index contributed by atoms with van der Waals surface area (Å²) in [6.07, 6.45) is 4.35. The number of imide groups is 1. The third-order valence-electron chi connectivity index (χ3n) is 7.36. The number of esters is 2. The van der Waals surface area contributed by atoms with Crippen LogP contribution in [0.25, 0.3) is 0 Å². The molecule has 3 aliphatic rings. The highest BCUT2D eigenvalue weighted by atomic mass is 32.2. The number of sulfonamides is 1. The van der Waals surface area contributed by atoms with Crippen LogP contribution in [-0.2, 0) is 43.5 Å². The Labute approximate surface area is 243 Å². The largest absolute Gasteiger partial charge is 0.461 e. The molecule has 1 saturated heterocycles. The molecule has 0 unspecified atom stereocenters. The minimum atomic E-state index is -4.22. The van der Waals surface area contributed by atoms with Gasteiger partial charge in [-0.3, -0.25) is 24.1 Å². The fourth-order valence-electron chi connectivity index (χ4n) is 4.65. The van der Waals surface area contributed by atoms with Crippen molar-refractivity contribution in [1.82, 2.24) is 14.5 Å². The number of hydrogen-bond acceptors (Lipinski definition) is 10. The van der Waals surface area contributed by atoms with Crippen LogP contribution in [0.5, 0.6) is 0 Å². The molecule has 1 aromatic rings. The minimum Gasteiger partial charge on any atom is -0.461 e. The lowest BCUT2D eigenvalue weighted by Gasteiger charge is -2.24. The first-order chi connectivity index (χ1) is 19.6. The molecular formula is C28H33N3O10S. The summed E-state index contributed by atoms with van der Waals surface area (Å²) < 4.78 is 37.6. The smallest absolute Gasteiger partial charge is 0.338 e. The van der Waals surface area contributed by atoms with E-state index in [1.807, 2.05) is 4.72 Å². The van der Waals surface area contributed by atoms with Crippen LogP contribution in [-0.4, -0.2) is 86.1 Å². The maximum Gasteiger partial charge on any atom is 0.338 e. The zero-order chi connectivity index (χ0) is 30.9. The van der Waals surface area contributed by atoms with Gasteiger partial charge in [-0.25, -0.2) is 22.7 Å². The Morgan fingerprint density at radius 2 is 1.67 bits per heavy atom. The standard InChI is InChI=1S/C28H33N3O10S/c1-27(2,3)26(37)29-42(38,39)19-6-4-5-18(15-19)24(35)40-13-14-41-25(36)20-16-28(10-11-28)17-31(20)23(34)9-12-30-21(32)7-8-22(30)33/h4-8,15,20H,9-14,16-17H2,1-3H3,(H,29,37)/t20-/m0/s1. The van der Waals surface area contributed by atoms with Gasteiger partial charge in [0.05, 0.1) is 10.5 Å². The van der Waals surface area contributed by atoms with E-state index in [2.05, 4.69) is 0 Å². The van der Waals surface area contributed by atoms with Crippen LogP contribution >= 0.6 is 0 Å². The highest BCUT2D eigenvalue weighted by Crippen LogP contribution is 2.55. The number of rotatable bonds is 10. The van der Waals surface area contributed by atoms with E-state index in [-0.39, 0.29) is 48.0 Å². The predicted octanol–water partition coefficient (Wildman–Crippen LogP) is 0.934. The summed E-state index contributed by atoms with van der Waals surface area (Å²) in [4.78, 5) is 76.1. The molecule has 1 spiro atoms. The maximum absolute atomic E-state index is 12.9. The SMILES string of the molecule is CC(C)(C)C(=O)NS(=O)(=O)c1cccc(C(=O)OCCOC(=O)[C@@H]2CC3(CC3)CN2C(=O)CCN2C(=O)C=CC2=O)c1. The number of likely N-dealkylation sites (tertiary alicyclic amines) is 1. The first-order valence-corrected chi connectivity index (χ1v) is 14.9. The zero-order valence-electron chi connectivity index (χ0n) is 23.6. The fourth-order valence-corrected chi connectivity index (χ4v) is 5.86. The minimum absolute atomic E-state index is 0.0826. The summed E-state index contributed by atoms with van der Waals surface area (Å²) in [6, 6.07) is 4.15. The first kappa shape index (κ1) is 30.9. The Kier molecular flexibility index (Phi) is 8.58. The van der Waals surface area contributed by atoms with Gasteiger partial charge in [0.1, 0.15) is 19.3 Å². The molecule has 0 bridgehead atoms. The number of hydrogen-bond donors (Lipinski definition) is 1. The van der Waals surface area contributed by atoms with Crippen molar-refractivity contribution in [3.63, 3.8) is 0 Å². The van der Waals surface area contributed by atoms with Crippen LogP contribution in [0.1, 0.15) is 56.8 Å². The number of carbonyl (C=O) groups excluding carboxylic acids is 6. The van der Waals surface area contributed by atoms with Gasteiger partial charge in [0, 0.05) is 37.1 Å². The van der Waals surface area contributed by atoms with Crippen LogP contribution in [0.15, 0.2) is 41.3 Å². The van der Waals surface area contributed by atoms with Crippen molar-refractivity contribution in [2.45, 2.75) is 57.4 Å². The molecule has 4 rings (SSSR count). The number of carbonyl (C=O) groups is 6. The first-order valence-electron chi connectivity index (χ1n) is 13.5. The van der Waals surface area contributed by atoms with Gasteiger partial charge in [0.15, 0.2) is 0 Å². The van der Waals surface area contributed by atoms with Gasteiger partial charge in [-0.05, 0) is 42.9 Å². The summed E-state index contributed by atoms with van der Waals surface area (Å²) in [5.74, 6) is -3.56. The average molecular weight is 604 g/mol. The molecule has 13 nitrogen and oxygen atoms in total. The summed E-state index contributed by atoms with van der Waals surface area (Å²) >= 11 is 0. The van der Waals surface area contributed by atoms with E-state index >= 15 is 0 Å². The molecule has 1 atom stereocenters. The molecule has 2 fully saturated rings. The zero-order valence-corrected chi connectivity index (χ0v) is 24.4. The molecular weight excluding hydrogens is 570 g/mol. The van der Waals surface area contributed by atoms with E-state index in [1.165, 1.54) is 23.1 Å². The second-order valence-corrected chi connectivity index (χ2v) is 13.4. The van der Waals surface area contributed by atoms with E-state index in [9.17, 15) is 37.2 Å². The van der Waals surface area contributed by atoms with Gasteiger partial charge < -0.3 is 14.4 Å². The Balaban J connectivity index is 1.27. The summed E-state index contributed by atoms with van der Waals surface area (Å²) in [5.41, 5.74) is -1.17. The van der Waals surface area contributed by atoms with E-state index in [4.69, 9.17) is 9.47 Å². The van der Waals surface area contributed by atoms with Crippen molar-refractivity contribution < 1.29 is 46.7 Å². The van der Waals surface area contributed by atoms with Crippen molar-refractivity contribution in [3.05, 3.63) is 42.0 Å². The molecule has 226 valence electrons. The Morgan fingerprint density at radius 3 is 2.29 bits per heavy atom. The van der Waals surface area contributed by atoms with Crippen molar-refractivity contribution in [3.8, 4) is 0 Å². The molecule has 42 heavy (non-hydrogen) atoms. The number of benzene rings is 1. The predicted molar refractivity (Wildman–Crippen MR) is 145 cm³/mol. The monoisotopic (exact) mass is 603 g/mol. The highest BCUT2D eigenvalue weighted by molar-refractivity contribution is 7.90. The summed E-state index contributed by atoms with van der Waals surface area (Å²) in [5, 5.41) is 0. The third kappa shape index (κ3) is 7.04. The molecule has 1 saturated carbocycles. The van der Waals surface area contributed by atoms with E-state index in [0.717, 1.165) is 36.0 Å². The fraction of sp³-hybridized carbons (Fsp3) is 0.500. The summed E-state index contributed by atoms with van der Waals surface area (Å²) in [6.45, 7) is 4.37.